The Morgan fingerprint density at radius 1 is 1.18 bits per heavy atom. The number of thiophene rings is 1. The smallest absolute Gasteiger partial charge is 0.0388 e. The molecule has 2 atom stereocenters. The number of hydrogen-bond donors (Lipinski definition) is 1. The van der Waals surface area contributed by atoms with Crippen LogP contribution in [0.5, 0.6) is 0 Å². The summed E-state index contributed by atoms with van der Waals surface area (Å²) in [5.74, 6) is 0. The van der Waals surface area contributed by atoms with Gasteiger partial charge in [0.1, 0.15) is 0 Å². The fraction of sp³-hybridized carbons (Fsp3) is 0.500. The van der Waals surface area contributed by atoms with Crippen LogP contribution in [-0.2, 0) is 0 Å². The van der Waals surface area contributed by atoms with Crippen LogP contribution < -0.4 is 5.32 Å². The molecule has 0 radical (unpaired) electrons. The van der Waals surface area contributed by atoms with Crippen molar-refractivity contribution in [3.05, 3.63) is 52.5 Å². The summed E-state index contributed by atoms with van der Waals surface area (Å²) < 4.78 is 0. The molecule has 0 aromatic carbocycles. The van der Waals surface area contributed by atoms with Gasteiger partial charge in [0.05, 0.1) is 0 Å². The van der Waals surface area contributed by atoms with Gasteiger partial charge in [-0.15, -0.1) is 11.3 Å². The van der Waals surface area contributed by atoms with E-state index in [1.165, 1.54) is 23.3 Å². The van der Waals surface area contributed by atoms with E-state index < -0.39 is 0 Å². The van der Waals surface area contributed by atoms with Crippen LogP contribution in [0.4, 0.5) is 0 Å². The summed E-state index contributed by atoms with van der Waals surface area (Å²) in [5, 5.41) is 5.95. The van der Waals surface area contributed by atoms with Gasteiger partial charge in [0, 0.05) is 48.5 Å². The highest BCUT2D eigenvalue weighted by molar-refractivity contribution is 7.10. The summed E-state index contributed by atoms with van der Waals surface area (Å²) in [5.41, 5.74) is 1.37. The number of nitrogens with one attached hydrogen (secondary N) is 1. The van der Waals surface area contributed by atoms with E-state index in [1.54, 1.807) is 0 Å². The van der Waals surface area contributed by atoms with E-state index in [4.69, 9.17) is 0 Å². The normalized spacial score (nSPS) is 19.9. The molecule has 118 valence electrons. The molecule has 3 rings (SSSR count). The molecule has 1 fully saturated rings. The van der Waals surface area contributed by atoms with Crippen LogP contribution in [0.1, 0.15) is 49.2 Å². The van der Waals surface area contributed by atoms with Crippen molar-refractivity contribution in [2.75, 3.05) is 13.1 Å². The zero-order valence-electron chi connectivity index (χ0n) is 13.4. The summed E-state index contributed by atoms with van der Waals surface area (Å²) in [4.78, 5) is 8.14. The summed E-state index contributed by atoms with van der Waals surface area (Å²) in [7, 11) is 0. The van der Waals surface area contributed by atoms with Crippen molar-refractivity contribution in [2.24, 2.45) is 0 Å². The maximum atomic E-state index is 4.11. The molecule has 0 amide bonds. The number of rotatable bonds is 5. The molecule has 0 aliphatic carbocycles. The van der Waals surface area contributed by atoms with Crippen LogP contribution in [0, 0.1) is 0 Å². The first-order valence-corrected chi connectivity index (χ1v) is 9.05. The molecular formula is C18H25N3S. The number of nitrogens with zero attached hydrogens (tertiary/aromatic N) is 2. The maximum absolute atomic E-state index is 4.11. The molecule has 0 bridgehead atoms. The lowest BCUT2D eigenvalue weighted by molar-refractivity contribution is 0.149. The van der Waals surface area contributed by atoms with Crippen LogP contribution in [0.15, 0.2) is 42.0 Å². The molecule has 0 spiro atoms. The molecule has 2 aromatic rings. The lowest BCUT2D eigenvalue weighted by atomic mass is 10.00. The number of piperidine rings is 1. The van der Waals surface area contributed by atoms with Gasteiger partial charge in [0.2, 0.25) is 0 Å². The maximum Gasteiger partial charge on any atom is 0.0388 e. The predicted molar refractivity (Wildman–Crippen MR) is 93.1 cm³/mol. The summed E-state index contributed by atoms with van der Waals surface area (Å²) in [6.45, 7) is 6.91. The third kappa shape index (κ3) is 3.75. The number of likely N-dealkylation sites (tertiary alicyclic amines) is 1. The van der Waals surface area contributed by atoms with Gasteiger partial charge in [-0.2, -0.15) is 0 Å². The molecule has 3 heterocycles. The van der Waals surface area contributed by atoms with Gasteiger partial charge in [-0.05, 0) is 55.8 Å². The van der Waals surface area contributed by atoms with Crippen molar-refractivity contribution in [2.45, 2.75) is 44.8 Å². The number of aromatic nitrogens is 1. The van der Waals surface area contributed by atoms with Crippen molar-refractivity contribution in [1.29, 1.82) is 0 Å². The Hall–Kier alpha value is -1.23. The Kier molecular flexibility index (Phi) is 5.24. The average molecular weight is 315 g/mol. The summed E-state index contributed by atoms with van der Waals surface area (Å²) in [6.07, 6.45) is 6.24. The molecule has 0 unspecified atom stereocenters. The van der Waals surface area contributed by atoms with Gasteiger partial charge in [-0.25, -0.2) is 0 Å². The number of pyridine rings is 1. The molecule has 3 nitrogen and oxygen atoms in total. The van der Waals surface area contributed by atoms with Gasteiger partial charge in [0.25, 0.3) is 0 Å². The third-order valence-electron chi connectivity index (χ3n) is 4.72. The lowest BCUT2D eigenvalue weighted by Gasteiger charge is -2.37. The first-order valence-electron chi connectivity index (χ1n) is 8.17. The molecule has 1 saturated heterocycles. The van der Waals surface area contributed by atoms with Crippen molar-refractivity contribution < 1.29 is 0 Å². The van der Waals surface area contributed by atoms with Gasteiger partial charge >= 0.3 is 0 Å². The second-order valence-electron chi connectivity index (χ2n) is 6.17. The highest BCUT2D eigenvalue weighted by atomic mass is 32.1. The van der Waals surface area contributed by atoms with Crippen LogP contribution in [0.2, 0.25) is 0 Å². The first kappa shape index (κ1) is 15.7. The Balaban J connectivity index is 1.50. The fourth-order valence-corrected chi connectivity index (χ4v) is 4.02. The minimum absolute atomic E-state index is 0.467. The zero-order valence-corrected chi connectivity index (χ0v) is 14.2. The minimum Gasteiger partial charge on any atom is -0.307 e. The van der Waals surface area contributed by atoms with E-state index in [1.807, 2.05) is 23.7 Å². The predicted octanol–water partition coefficient (Wildman–Crippen LogP) is 4.02. The molecule has 22 heavy (non-hydrogen) atoms. The van der Waals surface area contributed by atoms with E-state index in [-0.39, 0.29) is 0 Å². The first-order chi connectivity index (χ1) is 10.7. The van der Waals surface area contributed by atoms with E-state index >= 15 is 0 Å². The second kappa shape index (κ2) is 7.36. The van der Waals surface area contributed by atoms with Crippen molar-refractivity contribution in [3.63, 3.8) is 0 Å². The highest BCUT2D eigenvalue weighted by Crippen LogP contribution is 2.25. The molecule has 2 aromatic heterocycles. The topological polar surface area (TPSA) is 28.2 Å². The molecule has 1 aliphatic rings. The monoisotopic (exact) mass is 315 g/mol. The van der Waals surface area contributed by atoms with Crippen LogP contribution in [0.3, 0.4) is 0 Å². The zero-order chi connectivity index (χ0) is 15.4. The van der Waals surface area contributed by atoms with Crippen molar-refractivity contribution >= 4 is 11.3 Å². The average Bonchev–Trinajstić information content (AvgIpc) is 3.10. The molecule has 4 heteroatoms. The number of hydrogen-bond acceptors (Lipinski definition) is 4. The van der Waals surface area contributed by atoms with Gasteiger partial charge in [-0.3, -0.25) is 9.88 Å². The van der Waals surface area contributed by atoms with E-state index in [0.29, 0.717) is 18.1 Å². The molecule has 1 aliphatic heterocycles. The van der Waals surface area contributed by atoms with E-state index in [2.05, 4.69) is 58.7 Å². The Morgan fingerprint density at radius 2 is 1.91 bits per heavy atom. The quantitative estimate of drug-likeness (QED) is 0.903. The van der Waals surface area contributed by atoms with Crippen molar-refractivity contribution in [3.8, 4) is 0 Å². The van der Waals surface area contributed by atoms with Crippen molar-refractivity contribution in [1.82, 2.24) is 15.2 Å². The third-order valence-corrected chi connectivity index (χ3v) is 5.78. The van der Waals surface area contributed by atoms with Crippen LogP contribution in [0.25, 0.3) is 0 Å². The minimum atomic E-state index is 0.467. The molecule has 0 saturated carbocycles. The molecular weight excluding hydrogens is 290 g/mol. The van der Waals surface area contributed by atoms with Crippen LogP contribution in [-0.4, -0.2) is 29.0 Å². The lowest BCUT2D eigenvalue weighted by Crippen LogP contribution is -2.43. The van der Waals surface area contributed by atoms with E-state index in [0.717, 1.165) is 13.1 Å². The second-order valence-corrected chi connectivity index (χ2v) is 7.15. The van der Waals surface area contributed by atoms with Gasteiger partial charge < -0.3 is 5.32 Å². The fourth-order valence-electron chi connectivity index (χ4n) is 3.28. The SMILES string of the molecule is C[C@H](c1ccncc1)N1CCC(N[C@H](C)c2cccs2)CC1. The van der Waals surface area contributed by atoms with Crippen LogP contribution >= 0.6 is 11.3 Å². The van der Waals surface area contributed by atoms with Gasteiger partial charge in [-0.1, -0.05) is 6.07 Å². The Morgan fingerprint density at radius 3 is 2.55 bits per heavy atom. The summed E-state index contributed by atoms with van der Waals surface area (Å²) >= 11 is 1.84. The Bertz CT molecular complexity index is 547. The van der Waals surface area contributed by atoms with Gasteiger partial charge in [0.15, 0.2) is 0 Å². The highest BCUT2D eigenvalue weighted by Gasteiger charge is 2.24. The largest absolute Gasteiger partial charge is 0.307 e. The standard InChI is InChI=1S/C18H25N3S/c1-14(18-4-3-13-22-18)20-17-7-11-21(12-8-17)15(2)16-5-9-19-10-6-16/h3-6,9-10,13-15,17,20H,7-8,11-12H2,1-2H3/t14-,15-/m1/s1. The molecule has 1 N–H and O–H groups in total. The summed E-state index contributed by atoms with van der Waals surface area (Å²) in [6, 6.07) is 10.2. The van der Waals surface area contributed by atoms with E-state index in [9.17, 15) is 0 Å². The Labute approximate surface area is 137 Å².